The summed E-state index contributed by atoms with van der Waals surface area (Å²) in [5.41, 5.74) is 3.38. The molecule has 0 radical (unpaired) electrons. The molecule has 150 valence electrons. The molecule has 0 aliphatic carbocycles. The summed E-state index contributed by atoms with van der Waals surface area (Å²) in [7, 11) is 0. The molecule has 4 heteroatoms. The third kappa shape index (κ3) is 3.84. The van der Waals surface area contributed by atoms with Crippen molar-refractivity contribution >= 4 is 11.8 Å². The lowest BCUT2D eigenvalue weighted by molar-refractivity contribution is -0.511. The van der Waals surface area contributed by atoms with Crippen molar-refractivity contribution in [1.29, 1.82) is 0 Å². The van der Waals surface area contributed by atoms with Crippen molar-refractivity contribution in [2.24, 2.45) is 5.41 Å². The molecular weight excluding hydrogens is 360 g/mol. The van der Waals surface area contributed by atoms with Crippen LogP contribution in [0.3, 0.4) is 0 Å². The Morgan fingerprint density at radius 3 is 2.45 bits per heavy atom. The first-order valence-electron chi connectivity index (χ1n) is 10.3. The van der Waals surface area contributed by atoms with Gasteiger partial charge in [0.1, 0.15) is 6.61 Å². The molecule has 1 saturated heterocycles. The van der Waals surface area contributed by atoms with Crippen molar-refractivity contribution < 1.29 is 14.5 Å². The van der Waals surface area contributed by atoms with Gasteiger partial charge in [-0.25, -0.2) is 9.79 Å². The van der Waals surface area contributed by atoms with Gasteiger partial charge in [-0.3, -0.25) is 4.90 Å². The molecule has 2 aliphatic rings. The maximum Gasteiger partial charge on any atom is 0.411 e. The van der Waals surface area contributed by atoms with Crippen LogP contribution in [0.1, 0.15) is 44.4 Å². The summed E-state index contributed by atoms with van der Waals surface area (Å²) in [6.45, 7) is 6.91. The Labute approximate surface area is 172 Å². The summed E-state index contributed by atoms with van der Waals surface area (Å²) in [6.07, 6.45) is 4.88. The molecule has 2 bridgehead atoms. The quantitative estimate of drug-likeness (QED) is 0.812. The number of rotatable bonds is 4. The smallest absolute Gasteiger partial charge is 0.411 e. The van der Waals surface area contributed by atoms with Crippen molar-refractivity contribution in [1.82, 2.24) is 4.90 Å². The topological polar surface area (TPSA) is 43.5 Å². The third-order valence-corrected chi connectivity index (χ3v) is 6.21. The first-order valence-corrected chi connectivity index (χ1v) is 10.3. The molecule has 2 heterocycles. The molecule has 0 unspecified atom stereocenters. The van der Waals surface area contributed by atoms with Gasteiger partial charge in [-0.1, -0.05) is 72.8 Å². The van der Waals surface area contributed by atoms with Crippen LogP contribution in [-0.4, -0.2) is 28.8 Å². The fraction of sp³-hybridized carbons (Fsp3) is 0.360. The fourth-order valence-corrected chi connectivity index (χ4v) is 4.40. The molecule has 1 fully saturated rings. The maximum absolute atomic E-state index is 12.9. The monoisotopic (exact) mass is 389 g/mol. The van der Waals surface area contributed by atoms with E-state index in [0.29, 0.717) is 6.61 Å². The van der Waals surface area contributed by atoms with Crippen LogP contribution >= 0.6 is 0 Å². The molecule has 3 atom stereocenters. The Morgan fingerprint density at radius 1 is 1.10 bits per heavy atom. The molecule has 29 heavy (non-hydrogen) atoms. The van der Waals surface area contributed by atoms with E-state index in [1.807, 2.05) is 41.3 Å². The third-order valence-electron chi connectivity index (χ3n) is 6.21. The highest BCUT2D eigenvalue weighted by molar-refractivity contribution is 5.90. The lowest BCUT2D eigenvalue weighted by atomic mass is 9.75. The van der Waals surface area contributed by atoms with Gasteiger partial charge in [-0.2, -0.15) is 0 Å². The van der Waals surface area contributed by atoms with Crippen LogP contribution in [0.25, 0.3) is 0 Å². The van der Waals surface area contributed by atoms with Crippen molar-refractivity contribution in [3.05, 3.63) is 83.9 Å². The lowest BCUT2D eigenvalue weighted by Crippen LogP contribution is -2.79. The second-order valence-corrected chi connectivity index (χ2v) is 8.53. The van der Waals surface area contributed by atoms with E-state index in [9.17, 15) is 4.79 Å². The zero-order valence-corrected chi connectivity index (χ0v) is 17.3. The van der Waals surface area contributed by atoms with Gasteiger partial charge >= 0.3 is 6.09 Å². The fourth-order valence-electron chi connectivity index (χ4n) is 4.40. The Hall–Kier alpha value is -2.88. The van der Waals surface area contributed by atoms with Gasteiger partial charge in [-0.05, 0) is 19.4 Å². The van der Waals surface area contributed by atoms with Gasteiger partial charge in [0, 0.05) is 12.5 Å². The first kappa shape index (κ1) is 19.4. The van der Waals surface area contributed by atoms with Gasteiger partial charge in [0.25, 0.3) is 0 Å². The summed E-state index contributed by atoms with van der Waals surface area (Å²) in [4.78, 5) is 18.5. The zero-order chi connectivity index (χ0) is 20.4. The molecule has 4 nitrogen and oxygen atoms in total. The van der Waals surface area contributed by atoms with Gasteiger partial charge in [0.15, 0.2) is 11.8 Å². The van der Waals surface area contributed by atoms with Crippen LogP contribution < -0.4 is 4.99 Å². The van der Waals surface area contributed by atoms with Crippen LogP contribution in [0.5, 0.6) is 0 Å². The van der Waals surface area contributed by atoms with Crippen LogP contribution in [0.2, 0.25) is 0 Å². The molecule has 2 aliphatic heterocycles. The summed E-state index contributed by atoms with van der Waals surface area (Å²) in [6, 6.07) is 20.6. The summed E-state index contributed by atoms with van der Waals surface area (Å²) < 4.78 is 5.64. The maximum atomic E-state index is 12.9. The Balaban J connectivity index is 1.49. The highest BCUT2D eigenvalue weighted by Gasteiger charge is 2.53. The Bertz CT molecular complexity index is 918. The average molecular weight is 390 g/mol. The van der Waals surface area contributed by atoms with Crippen LogP contribution in [0.4, 0.5) is 4.79 Å². The molecule has 4 rings (SSSR count). The summed E-state index contributed by atoms with van der Waals surface area (Å²) in [5.74, 6) is 0. The van der Waals surface area contributed by atoms with Crippen molar-refractivity contribution in [3.63, 3.8) is 0 Å². The molecule has 2 aromatic rings. The minimum absolute atomic E-state index is 0.00463. The number of ether oxygens (including phenoxy) is 1. The normalized spacial score (nSPS) is 24.5. The number of nitrogens with zero attached hydrogens (tertiary/aromatic N) is 1. The molecule has 1 N–H and O–H groups in total. The minimum Gasteiger partial charge on any atom is -0.445 e. The van der Waals surface area contributed by atoms with E-state index in [1.165, 1.54) is 11.3 Å². The summed E-state index contributed by atoms with van der Waals surface area (Å²) >= 11 is 0. The standard InChI is InChI=1S/C25H28N2O2/c1-18(20-12-8-5-9-13-20)26-22-16-21-14-15-23(25(22,2)3)27(21)24(28)29-17-19-10-6-4-7-11-19/h4-15,18,21,23H,16-17H2,1-3H3/p+1/t18-,21-,23+/m0/s1. The zero-order valence-electron chi connectivity index (χ0n) is 17.3. The highest BCUT2D eigenvalue weighted by atomic mass is 16.6. The van der Waals surface area contributed by atoms with Crippen molar-refractivity contribution in [2.75, 3.05) is 0 Å². The number of nitrogens with one attached hydrogen (secondary N) is 1. The van der Waals surface area contributed by atoms with E-state index in [2.05, 4.69) is 62.2 Å². The number of benzene rings is 2. The highest BCUT2D eigenvalue weighted by Crippen LogP contribution is 2.40. The van der Waals surface area contributed by atoms with E-state index in [4.69, 9.17) is 4.74 Å². The summed E-state index contributed by atoms with van der Waals surface area (Å²) in [5, 5.41) is 0. The second kappa shape index (κ2) is 7.86. The van der Waals surface area contributed by atoms with Crippen LogP contribution in [0.15, 0.2) is 72.8 Å². The molecule has 0 spiro atoms. The van der Waals surface area contributed by atoms with E-state index < -0.39 is 0 Å². The van der Waals surface area contributed by atoms with Gasteiger partial charge in [0.05, 0.1) is 23.9 Å². The number of fused-ring (bicyclic) bond motifs is 2. The molecule has 0 saturated carbocycles. The average Bonchev–Trinajstić information content (AvgIpc) is 3.12. The molecule has 1 amide bonds. The van der Waals surface area contributed by atoms with Crippen molar-refractivity contribution in [3.8, 4) is 0 Å². The van der Waals surface area contributed by atoms with E-state index in [1.54, 1.807) is 0 Å². The molecule has 2 aromatic carbocycles. The molecule has 0 aromatic heterocycles. The molecular formula is C25H29N2O2+. The van der Waals surface area contributed by atoms with Crippen LogP contribution in [-0.2, 0) is 11.3 Å². The number of carbonyl (C=O) groups excluding carboxylic acids is 1. The van der Waals surface area contributed by atoms with E-state index in [0.717, 1.165) is 12.0 Å². The second-order valence-electron chi connectivity index (χ2n) is 8.53. The predicted octanol–water partition coefficient (Wildman–Crippen LogP) is 3.64. The largest absolute Gasteiger partial charge is 0.445 e. The van der Waals surface area contributed by atoms with E-state index in [-0.39, 0.29) is 29.6 Å². The minimum atomic E-state index is -0.239. The number of piperidine rings is 1. The Morgan fingerprint density at radius 2 is 1.76 bits per heavy atom. The van der Waals surface area contributed by atoms with Gasteiger partial charge in [-0.15, -0.1) is 0 Å². The Kier molecular flexibility index (Phi) is 5.27. The van der Waals surface area contributed by atoms with Gasteiger partial charge in [0.2, 0.25) is 0 Å². The SMILES string of the molecule is C[C@H]([NH+]=C1C[C@@H]2C=C[C@@H](N2C(=O)OCc2ccccc2)C1(C)C)c1ccccc1. The van der Waals surface area contributed by atoms with Crippen molar-refractivity contribution in [2.45, 2.75) is 51.9 Å². The number of hydrogen-bond donors (Lipinski definition) is 1. The number of amides is 1. The van der Waals surface area contributed by atoms with E-state index >= 15 is 0 Å². The first-order chi connectivity index (χ1) is 14.0. The number of hydrogen-bond acceptors (Lipinski definition) is 2. The van der Waals surface area contributed by atoms with Gasteiger partial charge < -0.3 is 4.74 Å². The van der Waals surface area contributed by atoms with Crippen LogP contribution in [0, 0.1) is 5.41 Å². The lowest BCUT2D eigenvalue weighted by Gasteiger charge is -2.43. The number of carbonyl (C=O) groups is 1. The predicted molar refractivity (Wildman–Crippen MR) is 114 cm³/mol.